The maximum atomic E-state index is 10.0. The molecule has 0 aromatic carbocycles. The smallest absolute Gasteiger partial charge is 0.223 e. The molecule has 1 aliphatic carbocycles. The summed E-state index contributed by atoms with van der Waals surface area (Å²) in [6.45, 7) is 4.45. The van der Waals surface area contributed by atoms with E-state index in [1.54, 1.807) is 0 Å². The summed E-state index contributed by atoms with van der Waals surface area (Å²) in [6, 6.07) is 1.94. The summed E-state index contributed by atoms with van der Waals surface area (Å²) in [6.07, 6.45) is 4.53. The lowest BCUT2D eigenvalue weighted by molar-refractivity contribution is 0.122. The van der Waals surface area contributed by atoms with Crippen molar-refractivity contribution in [3.8, 4) is 0 Å². The lowest BCUT2D eigenvalue weighted by Crippen LogP contribution is -2.27. The molecule has 0 saturated heterocycles. The van der Waals surface area contributed by atoms with Crippen LogP contribution in [0, 0.1) is 19.8 Å². The average Bonchev–Trinajstić information content (AvgIpc) is 2.78. The van der Waals surface area contributed by atoms with E-state index in [0.29, 0.717) is 18.4 Å². The summed E-state index contributed by atoms with van der Waals surface area (Å²) in [4.78, 5) is 8.60. The third-order valence-electron chi connectivity index (χ3n) is 3.40. The van der Waals surface area contributed by atoms with Crippen molar-refractivity contribution < 1.29 is 5.11 Å². The van der Waals surface area contributed by atoms with Crippen molar-refractivity contribution in [1.82, 2.24) is 9.97 Å². The Morgan fingerprint density at radius 1 is 1.29 bits per heavy atom. The molecular weight excluding hydrogens is 214 g/mol. The average molecular weight is 235 g/mol. The Kier molecular flexibility index (Phi) is 3.94. The maximum Gasteiger partial charge on any atom is 0.223 e. The highest BCUT2D eigenvalue weighted by Gasteiger charge is 2.22. The maximum absolute atomic E-state index is 10.0. The molecule has 2 N–H and O–H groups in total. The predicted molar refractivity (Wildman–Crippen MR) is 68.0 cm³/mol. The van der Waals surface area contributed by atoms with Crippen molar-refractivity contribution in [2.75, 3.05) is 11.9 Å². The Bertz CT molecular complexity index is 355. The Balaban J connectivity index is 1.88. The molecule has 0 radical (unpaired) electrons. The predicted octanol–water partition coefficient (Wildman–Crippen LogP) is 2.06. The van der Waals surface area contributed by atoms with Gasteiger partial charge < -0.3 is 10.4 Å². The first-order valence-electron chi connectivity index (χ1n) is 6.39. The fourth-order valence-corrected chi connectivity index (χ4v) is 2.51. The van der Waals surface area contributed by atoms with E-state index >= 15 is 0 Å². The number of aromatic nitrogens is 2. The Labute approximate surface area is 102 Å². The monoisotopic (exact) mass is 235 g/mol. The Morgan fingerprint density at radius 2 is 1.88 bits per heavy atom. The third kappa shape index (κ3) is 3.40. The second-order valence-electron chi connectivity index (χ2n) is 4.97. The molecule has 94 valence electrons. The first-order chi connectivity index (χ1) is 8.15. The molecule has 4 heteroatoms. The number of hydrogen-bond acceptors (Lipinski definition) is 4. The van der Waals surface area contributed by atoms with Crippen molar-refractivity contribution in [2.45, 2.75) is 45.6 Å². The molecule has 1 heterocycles. The van der Waals surface area contributed by atoms with Gasteiger partial charge in [0.15, 0.2) is 0 Å². The SMILES string of the molecule is Cc1cc(C)nc(NCC(O)C2CCCC2)n1. The van der Waals surface area contributed by atoms with Gasteiger partial charge in [0.05, 0.1) is 6.10 Å². The molecule has 17 heavy (non-hydrogen) atoms. The first kappa shape index (κ1) is 12.3. The van der Waals surface area contributed by atoms with E-state index in [0.717, 1.165) is 24.2 Å². The van der Waals surface area contributed by atoms with Crippen LogP contribution in [0.4, 0.5) is 5.95 Å². The van der Waals surface area contributed by atoms with E-state index in [4.69, 9.17) is 0 Å². The van der Waals surface area contributed by atoms with E-state index in [2.05, 4.69) is 15.3 Å². The van der Waals surface area contributed by atoms with Crippen molar-refractivity contribution in [3.05, 3.63) is 17.5 Å². The van der Waals surface area contributed by atoms with Crippen LogP contribution in [0.1, 0.15) is 37.1 Å². The van der Waals surface area contributed by atoms with Crippen LogP contribution in [-0.4, -0.2) is 27.7 Å². The quantitative estimate of drug-likeness (QED) is 0.838. The highest BCUT2D eigenvalue weighted by atomic mass is 16.3. The number of anilines is 1. The molecule has 4 nitrogen and oxygen atoms in total. The van der Waals surface area contributed by atoms with Crippen LogP contribution >= 0.6 is 0 Å². The van der Waals surface area contributed by atoms with Crippen LogP contribution in [0.15, 0.2) is 6.07 Å². The Hall–Kier alpha value is -1.16. The summed E-state index contributed by atoms with van der Waals surface area (Å²) in [5.74, 6) is 1.08. The summed E-state index contributed by atoms with van der Waals surface area (Å²) in [5.41, 5.74) is 1.91. The third-order valence-corrected chi connectivity index (χ3v) is 3.40. The fourth-order valence-electron chi connectivity index (χ4n) is 2.51. The number of aryl methyl sites for hydroxylation is 2. The van der Waals surface area contributed by atoms with E-state index in [9.17, 15) is 5.11 Å². The largest absolute Gasteiger partial charge is 0.391 e. The van der Waals surface area contributed by atoms with Crippen LogP contribution in [0.25, 0.3) is 0 Å². The zero-order chi connectivity index (χ0) is 12.3. The van der Waals surface area contributed by atoms with Gasteiger partial charge in [-0.05, 0) is 38.7 Å². The molecular formula is C13H21N3O. The lowest BCUT2D eigenvalue weighted by atomic mass is 10.0. The summed E-state index contributed by atoms with van der Waals surface area (Å²) >= 11 is 0. The molecule has 0 amide bonds. The van der Waals surface area contributed by atoms with E-state index < -0.39 is 0 Å². The second kappa shape index (κ2) is 5.45. The first-order valence-corrected chi connectivity index (χ1v) is 6.39. The van der Waals surface area contributed by atoms with Crippen LogP contribution in [0.3, 0.4) is 0 Å². The number of aliphatic hydroxyl groups is 1. The number of nitrogens with one attached hydrogen (secondary N) is 1. The van der Waals surface area contributed by atoms with Gasteiger partial charge in [-0.2, -0.15) is 0 Å². The summed E-state index contributed by atoms with van der Waals surface area (Å²) in [5, 5.41) is 13.2. The van der Waals surface area contributed by atoms with Crippen molar-refractivity contribution >= 4 is 5.95 Å². The van der Waals surface area contributed by atoms with Gasteiger partial charge in [0.2, 0.25) is 5.95 Å². The van der Waals surface area contributed by atoms with Crippen molar-refractivity contribution in [1.29, 1.82) is 0 Å². The van der Waals surface area contributed by atoms with Crippen molar-refractivity contribution in [3.63, 3.8) is 0 Å². The minimum absolute atomic E-state index is 0.276. The van der Waals surface area contributed by atoms with E-state index in [-0.39, 0.29) is 6.10 Å². The molecule has 1 fully saturated rings. The molecule has 1 aromatic heterocycles. The van der Waals surface area contributed by atoms with Crippen LogP contribution < -0.4 is 5.32 Å². The van der Waals surface area contributed by atoms with Gasteiger partial charge in [0.1, 0.15) is 0 Å². The van der Waals surface area contributed by atoms with Gasteiger partial charge in [-0.25, -0.2) is 9.97 Å². The van der Waals surface area contributed by atoms with Crippen LogP contribution in [0.2, 0.25) is 0 Å². The molecule has 0 bridgehead atoms. The van der Waals surface area contributed by atoms with Gasteiger partial charge in [0.25, 0.3) is 0 Å². The fraction of sp³-hybridized carbons (Fsp3) is 0.692. The normalized spacial score (nSPS) is 18.3. The van der Waals surface area contributed by atoms with Gasteiger partial charge >= 0.3 is 0 Å². The van der Waals surface area contributed by atoms with Gasteiger partial charge in [-0.3, -0.25) is 0 Å². The minimum Gasteiger partial charge on any atom is -0.391 e. The van der Waals surface area contributed by atoms with E-state index in [1.807, 2.05) is 19.9 Å². The zero-order valence-electron chi connectivity index (χ0n) is 10.6. The molecule has 0 aliphatic heterocycles. The van der Waals surface area contributed by atoms with Gasteiger partial charge in [-0.1, -0.05) is 12.8 Å². The van der Waals surface area contributed by atoms with Gasteiger partial charge in [0, 0.05) is 17.9 Å². The zero-order valence-corrected chi connectivity index (χ0v) is 10.6. The number of aliphatic hydroxyl groups excluding tert-OH is 1. The Morgan fingerprint density at radius 3 is 2.47 bits per heavy atom. The summed E-state index contributed by atoms with van der Waals surface area (Å²) in [7, 11) is 0. The van der Waals surface area contributed by atoms with E-state index in [1.165, 1.54) is 12.8 Å². The highest BCUT2D eigenvalue weighted by Crippen LogP contribution is 2.27. The van der Waals surface area contributed by atoms with Crippen LogP contribution in [0.5, 0.6) is 0 Å². The van der Waals surface area contributed by atoms with Crippen LogP contribution in [-0.2, 0) is 0 Å². The molecule has 0 spiro atoms. The number of hydrogen-bond donors (Lipinski definition) is 2. The summed E-state index contributed by atoms with van der Waals surface area (Å²) < 4.78 is 0. The number of nitrogens with zero attached hydrogens (tertiary/aromatic N) is 2. The molecule has 1 unspecified atom stereocenters. The molecule has 1 aromatic rings. The highest BCUT2D eigenvalue weighted by molar-refractivity contribution is 5.27. The molecule has 2 rings (SSSR count). The molecule has 1 atom stereocenters. The van der Waals surface area contributed by atoms with Crippen molar-refractivity contribution in [2.24, 2.45) is 5.92 Å². The minimum atomic E-state index is -0.276. The topological polar surface area (TPSA) is 58.0 Å². The number of rotatable bonds is 4. The standard InChI is InChI=1S/C13H21N3O/c1-9-7-10(2)16-13(15-9)14-8-12(17)11-5-3-4-6-11/h7,11-12,17H,3-6,8H2,1-2H3,(H,14,15,16). The lowest BCUT2D eigenvalue weighted by Gasteiger charge is -2.18. The molecule has 1 aliphatic rings. The second-order valence-corrected chi connectivity index (χ2v) is 4.97. The van der Waals surface area contributed by atoms with Gasteiger partial charge in [-0.15, -0.1) is 0 Å². The molecule has 1 saturated carbocycles.